The number of anilines is 2. The van der Waals surface area contributed by atoms with Gasteiger partial charge >= 0.3 is 0 Å². The normalized spacial score (nSPS) is 13.3. The van der Waals surface area contributed by atoms with Crippen molar-refractivity contribution in [2.45, 2.75) is 51.5 Å². The average molecular weight is 299 g/mol. The Bertz CT molecular complexity index is 587. The minimum absolute atomic E-state index is 0.0447. The lowest BCUT2D eigenvalue weighted by Crippen LogP contribution is -2.35. The zero-order chi connectivity index (χ0) is 15.8. The van der Waals surface area contributed by atoms with Gasteiger partial charge in [-0.3, -0.25) is 0 Å². The van der Waals surface area contributed by atoms with Crippen molar-refractivity contribution in [1.29, 1.82) is 0 Å². The third-order valence-corrected chi connectivity index (χ3v) is 3.76. The molecule has 5 nitrogen and oxygen atoms in total. The van der Waals surface area contributed by atoms with Gasteiger partial charge in [0.05, 0.1) is 5.69 Å². The van der Waals surface area contributed by atoms with E-state index in [9.17, 15) is 8.42 Å². The van der Waals surface area contributed by atoms with E-state index < -0.39 is 10.0 Å². The number of hydrogen-bond acceptors (Lipinski definition) is 4. The molecule has 5 N–H and O–H groups in total. The van der Waals surface area contributed by atoms with Crippen molar-refractivity contribution in [1.82, 2.24) is 0 Å². The van der Waals surface area contributed by atoms with Crippen molar-refractivity contribution in [2.75, 3.05) is 11.1 Å². The maximum absolute atomic E-state index is 11.3. The van der Waals surface area contributed by atoms with Gasteiger partial charge in [0.25, 0.3) is 0 Å². The number of hydrogen-bond donors (Lipinski definition) is 3. The molecular formula is C14H25N3O2S. The van der Waals surface area contributed by atoms with E-state index in [0.717, 1.165) is 12.1 Å². The molecule has 0 aliphatic carbocycles. The Morgan fingerprint density at radius 2 is 1.70 bits per heavy atom. The zero-order valence-electron chi connectivity index (χ0n) is 12.8. The first-order chi connectivity index (χ1) is 8.80. The number of nitrogens with one attached hydrogen (secondary N) is 1. The summed E-state index contributed by atoms with van der Waals surface area (Å²) in [5.41, 5.74) is 6.74. The third-order valence-electron chi connectivity index (χ3n) is 2.77. The summed E-state index contributed by atoms with van der Waals surface area (Å²) in [5, 5.41) is 8.47. The van der Waals surface area contributed by atoms with Crippen molar-refractivity contribution in [3.8, 4) is 0 Å². The molecule has 0 unspecified atom stereocenters. The van der Waals surface area contributed by atoms with E-state index in [-0.39, 0.29) is 21.5 Å². The lowest BCUT2D eigenvalue weighted by molar-refractivity contribution is 0.302. The Morgan fingerprint density at radius 3 is 2.10 bits per heavy atom. The van der Waals surface area contributed by atoms with Crippen LogP contribution in [0.3, 0.4) is 0 Å². The van der Waals surface area contributed by atoms with E-state index in [2.05, 4.69) is 39.9 Å². The molecule has 0 amide bonds. The van der Waals surface area contributed by atoms with Gasteiger partial charge in [-0.1, -0.05) is 20.8 Å². The van der Waals surface area contributed by atoms with Crippen molar-refractivity contribution < 1.29 is 8.42 Å². The van der Waals surface area contributed by atoms with Gasteiger partial charge < -0.3 is 11.1 Å². The molecule has 0 heterocycles. The molecule has 114 valence electrons. The molecule has 0 aliphatic rings. The molecule has 0 bridgehead atoms. The second-order valence-electron chi connectivity index (χ2n) is 7.04. The van der Waals surface area contributed by atoms with Crippen LogP contribution >= 0.6 is 0 Å². The number of nitrogens with two attached hydrogens (primary N) is 2. The topological polar surface area (TPSA) is 98.2 Å². The molecular weight excluding hydrogens is 274 g/mol. The van der Waals surface area contributed by atoms with Crippen molar-refractivity contribution in [3.05, 3.63) is 18.2 Å². The summed E-state index contributed by atoms with van der Waals surface area (Å²) in [5.74, 6) is 0. The predicted octanol–water partition coefficient (Wildman–Crippen LogP) is 2.54. The van der Waals surface area contributed by atoms with Gasteiger partial charge in [0, 0.05) is 11.2 Å². The number of rotatable bonds is 4. The molecule has 0 fully saturated rings. The molecule has 1 rings (SSSR count). The van der Waals surface area contributed by atoms with Crippen LogP contribution in [0.4, 0.5) is 11.4 Å². The van der Waals surface area contributed by atoms with Crippen molar-refractivity contribution in [3.63, 3.8) is 0 Å². The van der Waals surface area contributed by atoms with Crippen LogP contribution in [0, 0.1) is 5.41 Å². The van der Waals surface area contributed by atoms with Gasteiger partial charge in [-0.2, -0.15) is 0 Å². The molecule has 20 heavy (non-hydrogen) atoms. The van der Waals surface area contributed by atoms with E-state index >= 15 is 0 Å². The summed E-state index contributed by atoms with van der Waals surface area (Å²) in [6.45, 7) is 10.7. The highest BCUT2D eigenvalue weighted by atomic mass is 32.2. The van der Waals surface area contributed by atoms with Gasteiger partial charge in [0.1, 0.15) is 4.90 Å². The Balaban J connectivity index is 2.98. The lowest BCUT2D eigenvalue weighted by atomic mass is 9.81. The molecule has 0 aliphatic heterocycles. The van der Waals surface area contributed by atoms with Gasteiger partial charge in [0.2, 0.25) is 10.0 Å². The molecule has 0 spiro atoms. The van der Waals surface area contributed by atoms with Crippen molar-refractivity contribution >= 4 is 21.4 Å². The van der Waals surface area contributed by atoms with Crippen LogP contribution in [0.2, 0.25) is 0 Å². The maximum Gasteiger partial charge on any atom is 0.240 e. The fourth-order valence-corrected chi connectivity index (χ4v) is 3.29. The standard InChI is InChI=1S/C14H25N3O2S/c1-13(2,3)9-14(4,5)17-10-6-7-12(11(15)8-10)20(16,18)19/h6-8,17H,9,15H2,1-5H3,(H2,16,18,19). The maximum atomic E-state index is 11.3. The molecule has 0 radical (unpaired) electrons. The van der Waals surface area contributed by atoms with E-state index in [1.165, 1.54) is 6.07 Å². The fraction of sp³-hybridized carbons (Fsp3) is 0.571. The largest absolute Gasteiger partial charge is 0.398 e. The average Bonchev–Trinajstić information content (AvgIpc) is 2.09. The highest BCUT2D eigenvalue weighted by molar-refractivity contribution is 7.89. The van der Waals surface area contributed by atoms with Gasteiger partial charge in [-0.05, 0) is 43.9 Å². The SMILES string of the molecule is CC(C)(C)CC(C)(C)Nc1ccc(S(N)(=O)=O)c(N)c1. The lowest BCUT2D eigenvalue weighted by Gasteiger charge is -2.34. The van der Waals surface area contributed by atoms with Crippen molar-refractivity contribution in [2.24, 2.45) is 10.6 Å². The molecule has 1 aromatic rings. The van der Waals surface area contributed by atoms with Crippen LogP contribution in [0.15, 0.2) is 23.1 Å². The van der Waals surface area contributed by atoms with E-state index in [1.807, 2.05) is 0 Å². The van der Waals surface area contributed by atoms with Gasteiger partial charge in [-0.25, -0.2) is 13.6 Å². The fourth-order valence-electron chi connectivity index (χ4n) is 2.65. The van der Waals surface area contributed by atoms with Gasteiger partial charge in [0.15, 0.2) is 0 Å². The first kappa shape index (κ1) is 16.8. The Labute approximate surface area is 121 Å². The summed E-state index contributed by atoms with van der Waals surface area (Å²) < 4.78 is 22.6. The summed E-state index contributed by atoms with van der Waals surface area (Å²) in [6.07, 6.45) is 0.955. The van der Waals surface area contributed by atoms with E-state index in [0.29, 0.717) is 0 Å². The molecule has 0 saturated carbocycles. The Kier molecular flexibility index (Phi) is 4.41. The first-order valence-electron chi connectivity index (χ1n) is 6.51. The summed E-state index contributed by atoms with van der Waals surface area (Å²) in [6, 6.07) is 4.71. The number of nitrogen functional groups attached to an aromatic ring is 1. The summed E-state index contributed by atoms with van der Waals surface area (Å²) in [7, 11) is -3.78. The van der Waals surface area contributed by atoms with E-state index in [1.54, 1.807) is 12.1 Å². The predicted molar refractivity (Wildman–Crippen MR) is 84.0 cm³/mol. The second kappa shape index (κ2) is 5.26. The van der Waals surface area contributed by atoms with Gasteiger partial charge in [-0.15, -0.1) is 0 Å². The third kappa shape index (κ3) is 5.02. The zero-order valence-corrected chi connectivity index (χ0v) is 13.6. The number of sulfonamides is 1. The van der Waals surface area contributed by atoms with Crippen LogP contribution in [0.5, 0.6) is 0 Å². The summed E-state index contributed by atoms with van der Waals surface area (Å²) >= 11 is 0. The minimum atomic E-state index is -3.78. The smallest absolute Gasteiger partial charge is 0.240 e. The van der Waals surface area contributed by atoms with Crippen LogP contribution in [-0.2, 0) is 10.0 Å². The molecule has 0 atom stereocenters. The van der Waals surface area contributed by atoms with E-state index in [4.69, 9.17) is 10.9 Å². The Hall–Kier alpha value is -1.27. The second-order valence-corrected chi connectivity index (χ2v) is 8.57. The summed E-state index contributed by atoms with van der Waals surface area (Å²) in [4.78, 5) is -0.0447. The molecule has 1 aromatic carbocycles. The number of primary sulfonamides is 1. The minimum Gasteiger partial charge on any atom is -0.398 e. The highest BCUT2D eigenvalue weighted by Crippen LogP contribution is 2.31. The van der Waals surface area contributed by atoms with Crippen LogP contribution in [0.1, 0.15) is 41.0 Å². The quantitative estimate of drug-likeness (QED) is 0.744. The Morgan fingerprint density at radius 1 is 1.15 bits per heavy atom. The molecule has 0 saturated heterocycles. The van der Waals surface area contributed by atoms with Crippen LogP contribution in [0.25, 0.3) is 0 Å². The molecule has 0 aromatic heterocycles. The monoisotopic (exact) mass is 299 g/mol. The first-order valence-corrected chi connectivity index (χ1v) is 8.05. The van der Waals surface area contributed by atoms with Crippen LogP contribution < -0.4 is 16.2 Å². The highest BCUT2D eigenvalue weighted by Gasteiger charge is 2.25. The van der Waals surface area contributed by atoms with Crippen LogP contribution in [-0.4, -0.2) is 14.0 Å². The molecule has 6 heteroatoms. The number of benzene rings is 1.